The van der Waals surface area contributed by atoms with Gasteiger partial charge in [-0.1, -0.05) is 29.9 Å². The monoisotopic (exact) mass is 749 g/mol. The van der Waals surface area contributed by atoms with E-state index in [4.69, 9.17) is 9.47 Å². The number of hydrogen-bond donors (Lipinski definition) is 5. The molecule has 17 nitrogen and oxygen atoms in total. The second-order valence-corrected chi connectivity index (χ2v) is 14.2. The first-order chi connectivity index (χ1) is 24.1. The van der Waals surface area contributed by atoms with Crippen molar-refractivity contribution in [1.82, 2.24) is 26.3 Å². The number of aromatic nitrogens is 1. The van der Waals surface area contributed by atoms with E-state index in [9.17, 15) is 38.9 Å². The van der Waals surface area contributed by atoms with E-state index >= 15 is 0 Å². The number of rotatable bonds is 18. The zero-order valence-electron chi connectivity index (χ0n) is 28.9. The number of anilines is 1. The molecule has 0 bridgehead atoms. The summed E-state index contributed by atoms with van der Waals surface area (Å²) in [5.41, 5.74) is 0.0679. The van der Waals surface area contributed by atoms with E-state index in [1.807, 2.05) is 0 Å². The number of nitro groups is 1. The highest BCUT2D eigenvalue weighted by atomic mass is 33.1. The molecule has 2 aromatic rings. The van der Waals surface area contributed by atoms with Crippen molar-refractivity contribution >= 4 is 68.8 Å². The molecule has 2 atom stereocenters. The van der Waals surface area contributed by atoms with Crippen molar-refractivity contribution in [2.45, 2.75) is 89.6 Å². The van der Waals surface area contributed by atoms with Gasteiger partial charge >= 0.3 is 23.8 Å². The SMILES string of the molecule is CCC(=O)NC(CCCCNC(=O)C(CSSc1ncccc1[N+](=O)[O-])NC(=O)OC(C)(C)C)C(=O)NC(=O)Nc1ccc(COC(C)=O)cc1. The summed E-state index contributed by atoms with van der Waals surface area (Å²) in [7, 11) is 2.08. The molecule has 19 heteroatoms. The van der Waals surface area contributed by atoms with Crippen LogP contribution >= 0.6 is 21.6 Å². The van der Waals surface area contributed by atoms with Crippen LogP contribution in [0.2, 0.25) is 0 Å². The van der Waals surface area contributed by atoms with E-state index in [0.717, 1.165) is 21.6 Å². The fourth-order valence-corrected chi connectivity index (χ4v) is 6.19. The fraction of sp³-hybridized carbons (Fsp3) is 0.469. The van der Waals surface area contributed by atoms with E-state index < -0.39 is 58.4 Å². The van der Waals surface area contributed by atoms with Crippen LogP contribution in [0.1, 0.15) is 65.9 Å². The summed E-state index contributed by atoms with van der Waals surface area (Å²) in [5, 5.41) is 24.1. The molecule has 0 spiro atoms. The van der Waals surface area contributed by atoms with Crippen LogP contribution in [0.15, 0.2) is 47.6 Å². The number of pyridine rings is 1. The topological polar surface area (TPSA) is 237 Å². The van der Waals surface area contributed by atoms with Gasteiger partial charge in [-0.2, -0.15) is 0 Å². The number of unbranched alkanes of at least 4 members (excludes halogenated alkanes) is 1. The largest absolute Gasteiger partial charge is 0.461 e. The summed E-state index contributed by atoms with van der Waals surface area (Å²) in [6.45, 7) is 8.15. The van der Waals surface area contributed by atoms with Crippen molar-refractivity contribution in [2.24, 2.45) is 0 Å². The third kappa shape index (κ3) is 17.0. The fourth-order valence-electron chi connectivity index (χ4n) is 3.98. The molecule has 0 aliphatic heterocycles. The van der Waals surface area contributed by atoms with Crippen molar-refractivity contribution < 1.29 is 43.2 Å². The minimum atomic E-state index is -1.06. The number of nitrogens with zero attached hydrogens (tertiary/aromatic N) is 2. The van der Waals surface area contributed by atoms with Crippen LogP contribution in [-0.4, -0.2) is 75.7 Å². The number of carbonyl (C=O) groups excluding carboxylic acids is 6. The summed E-state index contributed by atoms with van der Waals surface area (Å²) in [5.74, 6) is -2.06. The molecule has 0 saturated heterocycles. The maximum atomic E-state index is 13.1. The lowest BCUT2D eigenvalue weighted by molar-refractivity contribution is -0.388. The molecule has 0 radical (unpaired) electrons. The number of carbonyl (C=O) groups is 6. The molecule has 2 unspecified atom stereocenters. The standard InChI is InChI=1S/C32H43N7O10S2/c1-6-26(41)36-23(28(43)38-30(44)35-22-14-12-21(13-15-22)18-48-20(2)40)10-7-8-16-33-27(42)24(37-31(45)49-32(3,4)5)19-50-51-29-25(39(46)47)11-9-17-34-29/h9,11-15,17,23-24H,6-8,10,16,18-19H2,1-5H3,(H,33,42)(H,36,41)(H,37,45)(H2,35,38,43,44). The maximum absolute atomic E-state index is 13.1. The first kappa shape index (κ1) is 42.3. The lowest BCUT2D eigenvalue weighted by Crippen LogP contribution is -2.50. The number of imide groups is 1. The maximum Gasteiger partial charge on any atom is 0.408 e. The van der Waals surface area contributed by atoms with E-state index in [1.165, 1.54) is 25.3 Å². The molecule has 0 aliphatic carbocycles. The Hall–Kier alpha value is -4.91. The quantitative estimate of drug-likeness (QED) is 0.0473. The predicted molar refractivity (Wildman–Crippen MR) is 191 cm³/mol. The number of urea groups is 1. The molecule has 1 aromatic heterocycles. The van der Waals surface area contributed by atoms with Gasteiger partial charge in [0.15, 0.2) is 5.03 Å². The van der Waals surface area contributed by atoms with Crippen LogP contribution < -0.4 is 26.6 Å². The van der Waals surface area contributed by atoms with Crippen LogP contribution in [-0.2, 0) is 35.3 Å². The molecule has 6 amide bonds. The van der Waals surface area contributed by atoms with E-state index in [0.29, 0.717) is 24.1 Å². The molecule has 2 rings (SSSR count). The van der Waals surface area contributed by atoms with Gasteiger partial charge in [0.05, 0.1) is 4.92 Å². The van der Waals surface area contributed by atoms with Gasteiger partial charge in [-0.25, -0.2) is 14.6 Å². The van der Waals surface area contributed by atoms with Crippen LogP contribution in [0.5, 0.6) is 0 Å². The second kappa shape index (κ2) is 21.3. The van der Waals surface area contributed by atoms with E-state index in [1.54, 1.807) is 52.0 Å². The summed E-state index contributed by atoms with van der Waals surface area (Å²) < 4.78 is 10.2. The number of alkyl carbamates (subject to hydrolysis) is 1. The van der Waals surface area contributed by atoms with Crippen LogP contribution in [0.4, 0.5) is 21.0 Å². The van der Waals surface area contributed by atoms with Crippen molar-refractivity contribution in [3.8, 4) is 0 Å². The number of nitrogens with one attached hydrogen (secondary N) is 5. The van der Waals surface area contributed by atoms with Gasteiger partial charge in [-0.05, 0) is 74.6 Å². The Bertz CT molecular complexity index is 1540. The Labute approximate surface area is 303 Å². The smallest absolute Gasteiger partial charge is 0.408 e. The van der Waals surface area contributed by atoms with Crippen LogP contribution in [0.25, 0.3) is 0 Å². The summed E-state index contributed by atoms with van der Waals surface area (Å²) in [6.07, 6.45) is 1.60. The van der Waals surface area contributed by atoms with Gasteiger partial charge in [0.2, 0.25) is 11.8 Å². The van der Waals surface area contributed by atoms with Gasteiger partial charge in [-0.15, -0.1) is 0 Å². The van der Waals surface area contributed by atoms with Crippen molar-refractivity contribution in [3.63, 3.8) is 0 Å². The first-order valence-electron chi connectivity index (χ1n) is 15.9. The van der Waals surface area contributed by atoms with E-state index in [-0.39, 0.29) is 42.5 Å². The predicted octanol–water partition coefficient (Wildman–Crippen LogP) is 4.22. The average Bonchev–Trinajstić information content (AvgIpc) is 3.05. The lowest BCUT2D eigenvalue weighted by atomic mass is 10.1. The molecule has 0 fully saturated rings. The van der Waals surface area contributed by atoms with Gasteiger partial charge in [0, 0.05) is 43.6 Å². The second-order valence-electron chi connectivity index (χ2n) is 11.8. The van der Waals surface area contributed by atoms with E-state index in [2.05, 4.69) is 31.6 Å². The number of benzene rings is 1. The van der Waals surface area contributed by atoms with Gasteiger partial charge in [0.25, 0.3) is 5.91 Å². The summed E-state index contributed by atoms with van der Waals surface area (Å²) in [6, 6.07) is 6.29. The Morgan fingerprint density at radius 1 is 0.980 bits per heavy atom. The highest BCUT2D eigenvalue weighted by Gasteiger charge is 2.26. The zero-order chi connectivity index (χ0) is 38.0. The molecule has 51 heavy (non-hydrogen) atoms. The van der Waals surface area contributed by atoms with Gasteiger partial charge < -0.3 is 30.7 Å². The molecular formula is C32H43N7O10S2. The molecular weight excluding hydrogens is 707 g/mol. The minimum absolute atomic E-state index is 0.0231. The first-order valence-corrected chi connectivity index (χ1v) is 18.2. The number of amides is 6. The van der Waals surface area contributed by atoms with Crippen molar-refractivity contribution in [1.29, 1.82) is 0 Å². The third-order valence-corrected chi connectivity index (χ3v) is 8.71. The molecule has 278 valence electrons. The molecule has 1 aromatic carbocycles. The minimum Gasteiger partial charge on any atom is -0.461 e. The molecule has 0 aliphatic rings. The molecule has 1 heterocycles. The normalized spacial score (nSPS) is 12.0. The third-order valence-electron chi connectivity index (χ3n) is 6.41. The number of ether oxygens (including phenoxy) is 2. The van der Waals surface area contributed by atoms with Crippen LogP contribution in [0, 0.1) is 10.1 Å². The number of esters is 1. The Morgan fingerprint density at radius 3 is 2.31 bits per heavy atom. The summed E-state index contributed by atoms with van der Waals surface area (Å²) >= 11 is 0. The van der Waals surface area contributed by atoms with Crippen molar-refractivity contribution in [3.05, 3.63) is 58.3 Å². The lowest BCUT2D eigenvalue weighted by Gasteiger charge is -2.23. The van der Waals surface area contributed by atoms with Crippen LogP contribution in [0.3, 0.4) is 0 Å². The Kier molecular flexibility index (Phi) is 17.7. The van der Waals surface area contributed by atoms with Gasteiger partial charge in [-0.3, -0.25) is 34.6 Å². The van der Waals surface area contributed by atoms with Crippen molar-refractivity contribution in [2.75, 3.05) is 17.6 Å². The highest BCUT2D eigenvalue weighted by molar-refractivity contribution is 8.76. The number of hydrogen-bond acceptors (Lipinski definition) is 13. The summed E-state index contributed by atoms with van der Waals surface area (Å²) in [4.78, 5) is 88.9. The molecule has 0 saturated carbocycles. The Morgan fingerprint density at radius 2 is 1.69 bits per heavy atom. The Balaban J connectivity index is 1.92. The highest BCUT2D eigenvalue weighted by Crippen LogP contribution is 2.35. The van der Waals surface area contributed by atoms with Gasteiger partial charge in [0.1, 0.15) is 24.3 Å². The zero-order valence-corrected chi connectivity index (χ0v) is 30.6. The average molecular weight is 750 g/mol. The molecule has 5 N–H and O–H groups in total.